The quantitative estimate of drug-likeness (QED) is 0.299. The van der Waals surface area contributed by atoms with Gasteiger partial charge in [0.25, 0.3) is 0 Å². The van der Waals surface area contributed by atoms with E-state index in [0.29, 0.717) is 0 Å². The van der Waals surface area contributed by atoms with E-state index in [9.17, 15) is 0 Å². The highest BCUT2D eigenvalue weighted by atomic mass is 79.9. The molecule has 3 heteroatoms. The Hall–Kier alpha value is -1.73. The van der Waals surface area contributed by atoms with Gasteiger partial charge in [0.2, 0.25) is 0 Å². The molecule has 0 aliphatic heterocycles. The molecule has 0 aliphatic carbocycles. The minimum absolute atomic E-state index is 0. The Morgan fingerprint density at radius 2 is 1.11 bits per heavy atom. The number of hydrogen-bond donors (Lipinski definition) is 1. The smallest absolute Gasteiger partial charge is 0.112 e. The normalized spacial score (nSPS) is 10.8. The molecular weight excluding hydrogens is 413 g/mol. The molecule has 1 N–H and O–H groups in total. The van der Waals surface area contributed by atoms with Gasteiger partial charge in [-0.3, -0.25) is 0 Å². The second kappa shape index (κ2) is 11.2. The van der Waals surface area contributed by atoms with Crippen molar-refractivity contribution in [1.29, 1.82) is 0 Å². The second-order valence-corrected chi connectivity index (χ2v) is 10.0. The minimum atomic E-state index is -1.67. The molecule has 27 heavy (non-hydrogen) atoms. The van der Waals surface area contributed by atoms with Crippen LogP contribution in [0.1, 0.15) is 6.42 Å². The van der Waals surface area contributed by atoms with Crippen molar-refractivity contribution in [3.05, 3.63) is 104 Å². The largest absolute Gasteiger partial charge is 1.00 e. The zero-order chi connectivity index (χ0) is 18.1. The lowest BCUT2D eigenvalue weighted by molar-refractivity contribution is -0.00000512. The molecule has 0 bridgehead atoms. The molecular formula is C24H27BrNP. The Morgan fingerprint density at radius 3 is 1.48 bits per heavy atom. The van der Waals surface area contributed by atoms with E-state index in [2.05, 4.69) is 103 Å². The van der Waals surface area contributed by atoms with Crippen molar-refractivity contribution in [1.82, 2.24) is 5.32 Å². The molecule has 0 aliphatic rings. The molecule has 0 fully saturated rings. The molecule has 3 aromatic rings. The van der Waals surface area contributed by atoms with Gasteiger partial charge in [-0.25, -0.2) is 0 Å². The van der Waals surface area contributed by atoms with E-state index >= 15 is 0 Å². The molecule has 140 valence electrons. The van der Waals surface area contributed by atoms with Gasteiger partial charge in [0.15, 0.2) is 0 Å². The molecule has 0 saturated heterocycles. The summed E-state index contributed by atoms with van der Waals surface area (Å²) in [4.78, 5) is 0. The molecule has 0 unspecified atom stereocenters. The van der Waals surface area contributed by atoms with Gasteiger partial charge < -0.3 is 22.3 Å². The Balaban J connectivity index is 0.00000261. The van der Waals surface area contributed by atoms with Crippen molar-refractivity contribution >= 4 is 23.2 Å². The molecule has 3 rings (SSSR count). The number of nitrogens with one attached hydrogen (secondary N) is 1. The molecule has 3 aromatic carbocycles. The highest BCUT2D eigenvalue weighted by molar-refractivity contribution is 7.95. The summed E-state index contributed by atoms with van der Waals surface area (Å²) in [7, 11) is -1.67. The van der Waals surface area contributed by atoms with Crippen LogP contribution in [0.2, 0.25) is 0 Å². The van der Waals surface area contributed by atoms with E-state index in [-0.39, 0.29) is 17.0 Å². The van der Waals surface area contributed by atoms with Gasteiger partial charge in [-0.15, -0.1) is 6.58 Å². The summed E-state index contributed by atoms with van der Waals surface area (Å²) in [5, 5.41) is 7.84. The van der Waals surface area contributed by atoms with E-state index < -0.39 is 7.26 Å². The van der Waals surface area contributed by atoms with Crippen LogP contribution in [0.15, 0.2) is 104 Å². The average molecular weight is 440 g/mol. The first-order chi connectivity index (χ1) is 12.9. The monoisotopic (exact) mass is 439 g/mol. The van der Waals surface area contributed by atoms with Crippen LogP contribution in [0.3, 0.4) is 0 Å². The van der Waals surface area contributed by atoms with Crippen LogP contribution in [0.5, 0.6) is 0 Å². The van der Waals surface area contributed by atoms with Gasteiger partial charge in [-0.05, 0) is 49.4 Å². The summed E-state index contributed by atoms with van der Waals surface area (Å²) in [6.45, 7) is 5.68. The first kappa shape index (κ1) is 21.6. The maximum atomic E-state index is 3.79. The summed E-state index contributed by atoms with van der Waals surface area (Å²) in [6.07, 6.45) is 4.23. The SMILES string of the molecule is C=CCNCCC[P+](c1ccccc1)(c1ccccc1)c1ccccc1.[Br-]. The van der Waals surface area contributed by atoms with Gasteiger partial charge in [0, 0.05) is 6.54 Å². The van der Waals surface area contributed by atoms with Crippen molar-refractivity contribution in [2.24, 2.45) is 0 Å². The molecule has 0 radical (unpaired) electrons. The number of rotatable bonds is 9. The maximum absolute atomic E-state index is 3.79. The highest BCUT2D eigenvalue weighted by Crippen LogP contribution is 2.55. The third-order valence-electron chi connectivity index (χ3n) is 4.73. The lowest BCUT2D eigenvalue weighted by Gasteiger charge is -2.27. The fraction of sp³-hybridized carbons (Fsp3) is 0.167. The molecule has 0 saturated carbocycles. The number of benzene rings is 3. The van der Waals surface area contributed by atoms with Gasteiger partial charge in [0.05, 0.1) is 6.16 Å². The van der Waals surface area contributed by atoms with Crippen LogP contribution in [-0.4, -0.2) is 19.3 Å². The zero-order valence-corrected chi connectivity index (χ0v) is 18.1. The zero-order valence-electron chi connectivity index (χ0n) is 15.6. The summed E-state index contributed by atoms with van der Waals surface area (Å²) in [5.74, 6) is 0. The van der Waals surface area contributed by atoms with E-state index in [1.54, 1.807) is 0 Å². The first-order valence-corrected chi connectivity index (χ1v) is 11.2. The lowest BCUT2D eigenvalue weighted by Crippen LogP contribution is -3.00. The van der Waals surface area contributed by atoms with Gasteiger partial charge in [0.1, 0.15) is 23.2 Å². The van der Waals surface area contributed by atoms with Crippen molar-refractivity contribution in [2.75, 3.05) is 19.3 Å². The van der Waals surface area contributed by atoms with Crippen LogP contribution in [-0.2, 0) is 0 Å². The third-order valence-corrected chi connectivity index (χ3v) is 9.25. The standard InChI is InChI=1S/C24H27NP.BrH/c1-2-19-25-20-12-21-26(22-13-6-3-7-14-22,23-15-8-4-9-16-23)24-17-10-5-11-18-24;/h2-11,13-18,25H,1,12,19-21H2;1H/q+1;/p-1. The highest BCUT2D eigenvalue weighted by Gasteiger charge is 2.44. The molecule has 0 heterocycles. The van der Waals surface area contributed by atoms with Crippen molar-refractivity contribution in [3.8, 4) is 0 Å². The molecule has 0 atom stereocenters. The summed E-state index contributed by atoms with van der Waals surface area (Å²) in [6, 6.07) is 33.2. The fourth-order valence-corrected chi connectivity index (χ4v) is 7.87. The van der Waals surface area contributed by atoms with Crippen molar-refractivity contribution in [3.63, 3.8) is 0 Å². The molecule has 1 nitrogen and oxygen atoms in total. The summed E-state index contributed by atoms with van der Waals surface area (Å²) in [5.41, 5.74) is 0. The molecule has 0 spiro atoms. The average Bonchev–Trinajstić information content (AvgIpc) is 2.73. The number of halogens is 1. The van der Waals surface area contributed by atoms with Gasteiger partial charge in [-0.2, -0.15) is 0 Å². The number of hydrogen-bond acceptors (Lipinski definition) is 1. The third kappa shape index (κ3) is 5.17. The lowest BCUT2D eigenvalue weighted by atomic mass is 10.3. The Bertz CT molecular complexity index is 694. The van der Waals surface area contributed by atoms with Crippen molar-refractivity contribution in [2.45, 2.75) is 6.42 Å². The van der Waals surface area contributed by atoms with Crippen LogP contribution in [0.25, 0.3) is 0 Å². The van der Waals surface area contributed by atoms with Crippen LogP contribution in [0, 0.1) is 0 Å². The van der Waals surface area contributed by atoms with Gasteiger partial charge >= 0.3 is 0 Å². The Kier molecular flexibility index (Phi) is 8.94. The van der Waals surface area contributed by atoms with Crippen LogP contribution >= 0.6 is 7.26 Å². The van der Waals surface area contributed by atoms with E-state index in [0.717, 1.165) is 25.7 Å². The van der Waals surface area contributed by atoms with E-state index in [1.165, 1.54) is 15.9 Å². The molecule has 0 amide bonds. The van der Waals surface area contributed by atoms with E-state index in [1.807, 2.05) is 6.08 Å². The topological polar surface area (TPSA) is 12.0 Å². The van der Waals surface area contributed by atoms with Crippen LogP contribution in [0.4, 0.5) is 0 Å². The maximum Gasteiger partial charge on any atom is 0.112 e. The predicted molar refractivity (Wildman–Crippen MR) is 118 cm³/mol. The van der Waals surface area contributed by atoms with Crippen LogP contribution < -0.4 is 38.2 Å². The predicted octanol–water partition coefficient (Wildman–Crippen LogP) is 1.15. The summed E-state index contributed by atoms with van der Waals surface area (Å²) < 4.78 is 0. The summed E-state index contributed by atoms with van der Waals surface area (Å²) >= 11 is 0. The van der Waals surface area contributed by atoms with Crippen molar-refractivity contribution < 1.29 is 17.0 Å². The molecule has 0 aromatic heterocycles. The Labute approximate surface area is 174 Å². The second-order valence-electron chi connectivity index (χ2n) is 6.39. The van der Waals surface area contributed by atoms with E-state index in [4.69, 9.17) is 0 Å². The fourth-order valence-electron chi connectivity index (χ4n) is 3.53. The van der Waals surface area contributed by atoms with Gasteiger partial charge in [-0.1, -0.05) is 60.7 Å². The Morgan fingerprint density at radius 1 is 0.704 bits per heavy atom. The first-order valence-electron chi connectivity index (χ1n) is 9.24. The minimum Gasteiger partial charge on any atom is -1.00 e.